The van der Waals surface area contributed by atoms with Gasteiger partial charge in [0.2, 0.25) is 0 Å². The number of nitrogens with zero attached hydrogens (tertiary/aromatic N) is 1. The Morgan fingerprint density at radius 1 is 1.45 bits per heavy atom. The number of benzene rings is 1. The Kier molecular flexibility index (Phi) is 5.54. The van der Waals surface area contributed by atoms with Gasteiger partial charge in [-0.1, -0.05) is 12.1 Å². The lowest BCUT2D eigenvalue weighted by atomic mass is 9.87. The monoisotopic (exact) mass is 323 g/mol. The van der Waals surface area contributed by atoms with Crippen molar-refractivity contribution < 1.29 is 19.2 Å². The maximum absolute atomic E-state index is 11.6. The molecular weight excluding hydrogens is 306 g/mol. The van der Waals surface area contributed by atoms with E-state index in [0.29, 0.717) is 12.4 Å². The zero-order chi connectivity index (χ0) is 16.1. The van der Waals surface area contributed by atoms with Crippen molar-refractivity contribution in [3.8, 4) is 0 Å². The van der Waals surface area contributed by atoms with Crippen molar-refractivity contribution in [1.82, 2.24) is 0 Å². The molecule has 2 rings (SSSR count). The van der Waals surface area contributed by atoms with Gasteiger partial charge >= 0.3 is 5.97 Å². The lowest BCUT2D eigenvalue weighted by Gasteiger charge is -2.18. The van der Waals surface area contributed by atoms with E-state index >= 15 is 0 Å². The topological polar surface area (TPSA) is 86.5 Å². The first-order valence-corrected chi connectivity index (χ1v) is 8.08. The highest BCUT2D eigenvalue weighted by Crippen LogP contribution is 2.48. The van der Waals surface area contributed by atoms with Gasteiger partial charge in [-0.2, -0.15) is 11.8 Å². The van der Waals surface area contributed by atoms with Gasteiger partial charge in [0.05, 0.1) is 11.5 Å². The fraction of sp³-hybridized carbons (Fsp3) is 0.467. The SMILES string of the molecule is CCOC(=O)C[C@@H]1CS[C@H](c2ccc([N+](=O)[O-])cc2)[C@H]1C=O. The van der Waals surface area contributed by atoms with Crippen LogP contribution in [0.2, 0.25) is 0 Å². The van der Waals surface area contributed by atoms with E-state index in [9.17, 15) is 19.7 Å². The Bertz CT molecular complexity index is 560. The molecule has 1 aromatic carbocycles. The van der Waals surface area contributed by atoms with E-state index in [1.54, 1.807) is 30.8 Å². The number of ether oxygens (including phenoxy) is 1. The van der Waals surface area contributed by atoms with E-state index in [-0.39, 0.29) is 35.2 Å². The van der Waals surface area contributed by atoms with Crippen molar-refractivity contribution in [3.05, 3.63) is 39.9 Å². The number of hydrogen-bond acceptors (Lipinski definition) is 6. The number of carbonyl (C=O) groups is 2. The minimum atomic E-state index is -0.452. The zero-order valence-electron chi connectivity index (χ0n) is 12.1. The van der Waals surface area contributed by atoms with E-state index in [4.69, 9.17) is 4.74 Å². The summed E-state index contributed by atoms with van der Waals surface area (Å²) < 4.78 is 4.94. The Morgan fingerprint density at radius 2 is 2.14 bits per heavy atom. The summed E-state index contributed by atoms with van der Waals surface area (Å²) in [6.07, 6.45) is 1.11. The van der Waals surface area contributed by atoms with Crippen LogP contribution in [0.3, 0.4) is 0 Å². The predicted octanol–water partition coefficient (Wildman–Crippen LogP) is 2.77. The molecule has 0 radical (unpaired) electrons. The van der Waals surface area contributed by atoms with Crippen molar-refractivity contribution >= 4 is 29.7 Å². The number of nitro benzene ring substituents is 1. The molecule has 1 heterocycles. The molecule has 0 unspecified atom stereocenters. The Hall–Kier alpha value is -1.89. The van der Waals surface area contributed by atoms with Crippen LogP contribution in [0.25, 0.3) is 0 Å². The lowest BCUT2D eigenvalue weighted by Crippen LogP contribution is -2.20. The molecule has 6 nitrogen and oxygen atoms in total. The Balaban J connectivity index is 2.10. The molecule has 1 aromatic rings. The molecule has 1 saturated heterocycles. The van der Waals surface area contributed by atoms with Crippen LogP contribution in [-0.4, -0.2) is 29.5 Å². The highest BCUT2D eigenvalue weighted by atomic mass is 32.2. The number of hydrogen-bond donors (Lipinski definition) is 0. The van der Waals surface area contributed by atoms with Gasteiger partial charge in [0, 0.05) is 29.7 Å². The summed E-state index contributed by atoms with van der Waals surface area (Å²) in [6.45, 7) is 2.08. The van der Waals surface area contributed by atoms with Gasteiger partial charge in [-0.25, -0.2) is 0 Å². The summed E-state index contributed by atoms with van der Waals surface area (Å²) >= 11 is 1.60. The van der Waals surface area contributed by atoms with Crippen LogP contribution in [0, 0.1) is 22.0 Å². The van der Waals surface area contributed by atoms with Gasteiger partial charge in [-0.15, -0.1) is 0 Å². The molecule has 0 aromatic heterocycles. The smallest absolute Gasteiger partial charge is 0.306 e. The molecule has 0 amide bonds. The van der Waals surface area contributed by atoms with Gasteiger partial charge in [0.25, 0.3) is 5.69 Å². The molecular formula is C15H17NO5S. The predicted molar refractivity (Wildman–Crippen MR) is 82.6 cm³/mol. The quantitative estimate of drug-likeness (QED) is 0.346. The van der Waals surface area contributed by atoms with Crippen LogP contribution in [-0.2, 0) is 14.3 Å². The van der Waals surface area contributed by atoms with Crippen molar-refractivity contribution in [3.63, 3.8) is 0 Å². The summed E-state index contributed by atoms with van der Waals surface area (Å²) in [5.74, 6) is 0.0751. The fourth-order valence-corrected chi connectivity index (χ4v) is 4.27. The van der Waals surface area contributed by atoms with Crippen molar-refractivity contribution in [2.45, 2.75) is 18.6 Å². The van der Waals surface area contributed by atoms with E-state index < -0.39 is 4.92 Å². The largest absolute Gasteiger partial charge is 0.466 e. The second kappa shape index (κ2) is 7.40. The zero-order valence-corrected chi connectivity index (χ0v) is 13.0. The number of nitro groups is 1. The van der Waals surface area contributed by atoms with Gasteiger partial charge in [0.15, 0.2) is 0 Å². The maximum Gasteiger partial charge on any atom is 0.306 e. The molecule has 3 atom stereocenters. The minimum absolute atomic E-state index is 0.0254. The van der Waals surface area contributed by atoms with Crippen LogP contribution < -0.4 is 0 Å². The summed E-state index contributed by atoms with van der Waals surface area (Å²) in [7, 11) is 0. The van der Waals surface area contributed by atoms with Crippen LogP contribution in [0.4, 0.5) is 5.69 Å². The standard InChI is InChI=1S/C15H17NO5S/c1-2-21-14(18)7-11-9-22-15(13(11)8-17)10-3-5-12(6-4-10)16(19)20/h3-6,8,11,13,15H,2,7,9H2,1H3/t11-,13+,15-/m1/s1. The van der Waals surface area contributed by atoms with Gasteiger partial charge < -0.3 is 9.53 Å². The maximum atomic E-state index is 11.6. The molecule has 0 bridgehead atoms. The molecule has 1 aliphatic rings. The first-order valence-electron chi connectivity index (χ1n) is 7.03. The van der Waals surface area contributed by atoms with Crippen LogP contribution in [0.5, 0.6) is 0 Å². The first-order chi connectivity index (χ1) is 10.6. The van der Waals surface area contributed by atoms with E-state index in [1.165, 1.54) is 12.1 Å². The van der Waals surface area contributed by atoms with E-state index in [2.05, 4.69) is 0 Å². The van der Waals surface area contributed by atoms with Crippen molar-refractivity contribution in [1.29, 1.82) is 0 Å². The van der Waals surface area contributed by atoms with Crippen LogP contribution >= 0.6 is 11.8 Å². The third-order valence-corrected chi connectivity index (χ3v) is 5.27. The van der Waals surface area contributed by atoms with Gasteiger partial charge in [-0.3, -0.25) is 14.9 Å². The van der Waals surface area contributed by atoms with E-state index in [0.717, 1.165) is 11.8 Å². The number of esters is 1. The number of aldehydes is 1. The van der Waals surface area contributed by atoms with Gasteiger partial charge in [0.1, 0.15) is 6.29 Å². The average molecular weight is 323 g/mol. The van der Waals surface area contributed by atoms with Gasteiger partial charge in [-0.05, 0) is 24.2 Å². The highest BCUT2D eigenvalue weighted by molar-refractivity contribution is 7.99. The molecule has 0 N–H and O–H groups in total. The molecule has 0 spiro atoms. The van der Waals surface area contributed by atoms with Crippen LogP contribution in [0.15, 0.2) is 24.3 Å². The normalized spacial score (nSPS) is 24.0. The lowest BCUT2D eigenvalue weighted by molar-refractivity contribution is -0.384. The highest BCUT2D eigenvalue weighted by Gasteiger charge is 2.38. The number of thioether (sulfide) groups is 1. The second-order valence-electron chi connectivity index (χ2n) is 5.09. The van der Waals surface area contributed by atoms with Crippen LogP contribution in [0.1, 0.15) is 24.2 Å². The summed E-state index contributed by atoms with van der Waals surface area (Å²) in [5.41, 5.74) is 0.900. The fourth-order valence-electron chi connectivity index (χ4n) is 2.61. The summed E-state index contributed by atoms with van der Waals surface area (Å²) in [5, 5.41) is 10.6. The van der Waals surface area contributed by atoms with Crippen molar-refractivity contribution in [2.24, 2.45) is 11.8 Å². The minimum Gasteiger partial charge on any atom is -0.466 e. The number of rotatable bonds is 6. The molecule has 1 fully saturated rings. The summed E-state index contributed by atoms with van der Waals surface area (Å²) in [6, 6.07) is 6.24. The summed E-state index contributed by atoms with van der Waals surface area (Å²) in [4.78, 5) is 33.3. The second-order valence-corrected chi connectivity index (χ2v) is 6.26. The molecule has 7 heteroatoms. The molecule has 0 saturated carbocycles. The van der Waals surface area contributed by atoms with E-state index in [1.807, 2.05) is 0 Å². The first kappa shape index (κ1) is 16.5. The third kappa shape index (κ3) is 3.65. The average Bonchev–Trinajstić information content (AvgIpc) is 2.90. The number of carbonyl (C=O) groups excluding carboxylic acids is 2. The molecule has 118 valence electrons. The molecule has 22 heavy (non-hydrogen) atoms. The Morgan fingerprint density at radius 3 is 2.68 bits per heavy atom. The number of non-ortho nitro benzene ring substituents is 1. The van der Waals surface area contributed by atoms with Crippen molar-refractivity contribution in [2.75, 3.05) is 12.4 Å². The Labute approximate surface area is 132 Å². The third-order valence-electron chi connectivity index (χ3n) is 3.71. The molecule has 1 aliphatic heterocycles. The molecule has 0 aliphatic carbocycles.